The lowest BCUT2D eigenvalue weighted by atomic mass is 9.85. The Bertz CT molecular complexity index is 474. The summed E-state index contributed by atoms with van der Waals surface area (Å²) in [5.41, 5.74) is 0. The van der Waals surface area contributed by atoms with Crippen molar-refractivity contribution in [1.29, 1.82) is 0 Å². The minimum absolute atomic E-state index is 0.0880. The quantitative estimate of drug-likeness (QED) is 0.821. The van der Waals surface area contributed by atoms with Gasteiger partial charge in [-0.15, -0.1) is 0 Å². The number of amidine groups is 1. The van der Waals surface area contributed by atoms with Gasteiger partial charge in [0.2, 0.25) is 0 Å². The zero-order chi connectivity index (χ0) is 14.4. The average Bonchev–Trinajstić information content (AvgIpc) is 3.16. The van der Waals surface area contributed by atoms with Crippen LogP contribution in [0.25, 0.3) is 0 Å². The Hall–Kier alpha value is -0.550. The van der Waals surface area contributed by atoms with Crippen molar-refractivity contribution in [2.45, 2.75) is 56.2 Å². The normalized spacial score (nSPS) is 43.4. The molecule has 1 unspecified atom stereocenters. The lowest BCUT2D eigenvalue weighted by molar-refractivity contribution is -0.120. The van der Waals surface area contributed by atoms with E-state index in [0.717, 1.165) is 42.9 Å². The standard InChI is InChI=1S/C16H25N3OS/c1-16(12-4-6-17-7-5-12)14(20)19-15(21-16)18-13-9-10-2-3-11(13)8-10/h10-13,17H,2-9H2,1H3,(H,18,19,20)/t10-,11+,13+,16?/m1/s1. The molecule has 116 valence electrons. The van der Waals surface area contributed by atoms with E-state index in [-0.39, 0.29) is 10.7 Å². The van der Waals surface area contributed by atoms with Gasteiger partial charge in [0, 0.05) is 6.04 Å². The van der Waals surface area contributed by atoms with E-state index in [1.54, 1.807) is 11.8 Å². The van der Waals surface area contributed by atoms with Crippen LogP contribution in [-0.2, 0) is 4.79 Å². The van der Waals surface area contributed by atoms with Crippen molar-refractivity contribution in [2.24, 2.45) is 22.7 Å². The van der Waals surface area contributed by atoms with Gasteiger partial charge in [-0.2, -0.15) is 4.99 Å². The molecular formula is C16H25N3OS. The highest BCUT2D eigenvalue weighted by molar-refractivity contribution is 8.16. The van der Waals surface area contributed by atoms with Crippen LogP contribution in [0.15, 0.2) is 4.99 Å². The summed E-state index contributed by atoms with van der Waals surface area (Å²) < 4.78 is -0.331. The summed E-state index contributed by atoms with van der Waals surface area (Å²) in [6.07, 6.45) is 7.62. The Kier molecular flexibility index (Phi) is 3.53. The first-order chi connectivity index (χ1) is 10.1. The minimum atomic E-state index is -0.331. The summed E-state index contributed by atoms with van der Waals surface area (Å²) in [6, 6.07) is 0.568. The summed E-state index contributed by atoms with van der Waals surface area (Å²) in [5, 5.41) is 7.90. The molecule has 1 amide bonds. The fraction of sp³-hybridized carbons (Fsp3) is 0.875. The zero-order valence-corrected chi connectivity index (χ0v) is 13.5. The largest absolute Gasteiger partial charge is 0.361 e. The van der Waals surface area contributed by atoms with Crippen molar-refractivity contribution in [2.75, 3.05) is 13.1 Å². The minimum Gasteiger partial charge on any atom is -0.361 e. The number of hydrogen-bond acceptors (Lipinski definition) is 4. The van der Waals surface area contributed by atoms with E-state index < -0.39 is 0 Å². The number of aliphatic imine (C=N–C) groups is 1. The first kappa shape index (κ1) is 14.1. The second-order valence-electron chi connectivity index (χ2n) is 7.38. The maximum atomic E-state index is 12.5. The first-order valence-corrected chi connectivity index (χ1v) is 9.26. The molecule has 0 spiro atoms. The van der Waals surface area contributed by atoms with Gasteiger partial charge >= 0.3 is 0 Å². The van der Waals surface area contributed by atoms with Gasteiger partial charge in [0.25, 0.3) is 5.91 Å². The summed E-state index contributed by atoms with van der Waals surface area (Å²) in [6.45, 7) is 4.17. The number of piperidine rings is 1. The third-order valence-electron chi connectivity index (χ3n) is 6.10. The summed E-state index contributed by atoms with van der Waals surface area (Å²) in [5.74, 6) is 2.29. The molecule has 0 radical (unpaired) electrons. The van der Waals surface area contributed by atoms with Gasteiger partial charge in [-0.25, -0.2) is 0 Å². The van der Waals surface area contributed by atoms with Gasteiger partial charge < -0.3 is 10.6 Å². The fourth-order valence-electron chi connectivity index (χ4n) is 4.74. The molecule has 2 bridgehead atoms. The Balaban J connectivity index is 1.42. The fourth-order valence-corrected chi connectivity index (χ4v) is 6.02. The molecule has 4 nitrogen and oxygen atoms in total. The molecule has 4 aliphatic rings. The molecule has 0 aromatic heterocycles. The average molecular weight is 307 g/mol. The molecule has 1 saturated heterocycles. The predicted octanol–water partition coefficient (Wildman–Crippen LogP) is 2.15. The number of fused-ring (bicyclic) bond motifs is 2. The van der Waals surface area contributed by atoms with Crippen LogP contribution >= 0.6 is 11.8 Å². The number of carbonyl (C=O) groups is 1. The molecular weight excluding hydrogens is 282 g/mol. The Morgan fingerprint density at radius 3 is 2.71 bits per heavy atom. The molecule has 21 heavy (non-hydrogen) atoms. The van der Waals surface area contributed by atoms with Crippen molar-refractivity contribution >= 4 is 22.8 Å². The smallest absolute Gasteiger partial charge is 0.264 e. The van der Waals surface area contributed by atoms with E-state index in [1.165, 1.54) is 25.7 Å². The van der Waals surface area contributed by atoms with Crippen LogP contribution in [0.2, 0.25) is 0 Å². The SMILES string of the molecule is CC1(C2CCNCC2)SC(N[C@H]2C[C@@H]3CC[C@H]2C3)=NC1=O. The summed E-state index contributed by atoms with van der Waals surface area (Å²) in [7, 11) is 0. The van der Waals surface area contributed by atoms with Gasteiger partial charge in [-0.1, -0.05) is 18.2 Å². The Morgan fingerprint density at radius 1 is 1.24 bits per heavy atom. The maximum Gasteiger partial charge on any atom is 0.264 e. The molecule has 4 rings (SSSR count). The maximum absolute atomic E-state index is 12.5. The van der Waals surface area contributed by atoms with Gasteiger partial charge in [0.05, 0.1) is 0 Å². The third-order valence-corrected chi connectivity index (χ3v) is 7.44. The third kappa shape index (κ3) is 2.42. The number of carbonyl (C=O) groups excluding carboxylic acids is 1. The monoisotopic (exact) mass is 307 g/mol. The number of nitrogens with zero attached hydrogens (tertiary/aromatic N) is 1. The molecule has 0 aromatic carbocycles. The van der Waals surface area contributed by atoms with Crippen molar-refractivity contribution in [3.05, 3.63) is 0 Å². The predicted molar refractivity (Wildman–Crippen MR) is 86.4 cm³/mol. The molecule has 2 aliphatic heterocycles. The summed E-state index contributed by atoms with van der Waals surface area (Å²) in [4.78, 5) is 16.8. The van der Waals surface area contributed by atoms with Gasteiger partial charge in [-0.3, -0.25) is 4.79 Å². The number of thioether (sulfide) groups is 1. The molecule has 2 heterocycles. The molecule has 2 N–H and O–H groups in total. The van der Waals surface area contributed by atoms with Crippen LogP contribution in [0, 0.1) is 17.8 Å². The molecule has 5 heteroatoms. The highest BCUT2D eigenvalue weighted by Gasteiger charge is 2.48. The van der Waals surface area contributed by atoms with E-state index in [4.69, 9.17) is 0 Å². The van der Waals surface area contributed by atoms with Crippen molar-refractivity contribution in [3.63, 3.8) is 0 Å². The van der Waals surface area contributed by atoms with Crippen molar-refractivity contribution < 1.29 is 4.79 Å². The van der Waals surface area contributed by atoms with Gasteiger partial charge in [0.15, 0.2) is 5.17 Å². The zero-order valence-electron chi connectivity index (χ0n) is 12.7. The van der Waals surface area contributed by atoms with E-state index in [9.17, 15) is 4.79 Å². The topological polar surface area (TPSA) is 53.5 Å². The van der Waals surface area contributed by atoms with E-state index in [2.05, 4.69) is 22.5 Å². The summed E-state index contributed by atoms with van der Waals surface area (Å²) >= 11 is 1.70. The second-order valence-corrected chi connectivity index (χ2v) is 8.82. The van der Waals surface area contributed by atoms with E-state index >= 15 is 0 Å². The van der Waals surface area contributed by atoms with Crippen molar-refractivity contribution in [3.8, 4) is 0 Å². The number of nitrogens with one attached hydrogen (secondary N) is 2. The van der Waals surface area contributed by atoms with E-state index in [0.29, 0.717) is 12.0 Å². The molecule has 2 aliphatic carbocycles. The highest BCUT2D eigenvalue weighted by atomic mass is 32.2. The number of hydrogen-bond donors (Lipinski definition) is 2. The van der Waals surface area contributed by atoms with Gasteiger partial charge in [0.1, 0.15) is 4.75 Å². The van der Waals surface area contributed by atoms with Crippen LogP contribution in [0.4, 0.5) is 0 Å². The van der Waals surface area contributed by atoms with Crippen LogP contribution in [0.5, 0.6) is 0 Å². The van der Waals surface area contributed by atoms with Gasteiger partial charge in [-0.05, 0) is 69.9 Å². The molecule has 4 atom stereocenters. The van der Waals surface area contributed by atoms with Crippen LogP contribution in [-0.4, -0.2) is 35.0 Å². The highest BCUT2D eigenvalue weighted by Crippen LogP contribution is 2.47. The van der Waals surface area contributed by atoms with Crippen LogP contribution in [0.3, 0.4) is 0 Å². The first-order valence-electron chi connectivity index (χ1n) is 8.44. The molecule has 0 aromatic rings. The van der Waals surface area contributed by atoms with Crippen LogP contribution < -0.4 is 10.6 Å². The Morgan fingerprint density at radius 2 is 2.05 bits per heavy atom. The lowest BCUT2D eigenvalue weighted by Gasteiger charge is -2.34. The second kappa shape index (κ2) is 5.27. The molecule has 3 fully saturated rings. The lowest BCUT2D eigenvalue weighted by Crippen LogP contribution is -2.43. The van der Waals surface area contributed by atoms with Crippen LogP contribution in [0.1, 0.15) is 45.4 Å². The van der Waals surface area contributed by atoms with E-state index in [1.807, 2.05) is 0 Å². The Labute approximate surface area is 130 Å². The van der Waals surface area contributed by atoms with Crippen molar-refractivity contribution in [1.82, 2.24) is 10.6 Å². The number of rotatable bonds is 2. The molecule has 2 saturated carbocycles. The number of amides is 1.